The second-order valence-electron chi connectivity index (χ2n) is 11.3. The number of nitrogens with one attached hydrogen (secondary N) is 2. The number of hydrogen-bond acceptors (Lipinski definition) is 11. The first-order valence-electron chi connectivity index (χ1n) is 15.3. The molecule has 4 aromatic rings. The fourth-order valence-corrected chi connectivity index (χ4v) is 6.48. The standard InChI is InChI=1S/C37H26BrN5O8/c1-50-36(44)27-16-14-25(34(42(46)47)32(27)40-19-20-8-10-22(38)11-9-20)26-15-17-28(37(45)51-2)33(35(26)43(48)49)41-31-24-13-12-23(30(31)29(24)18-39)21-6-4-3-5-7-21/h3-17,31,40-41H,19H2,1-2H3. The number of carbonyl (C=O) groups is 2. The zero-order valence-electron chi connectivity index (χ0n) is 26.9. The van der Waals surface area contributed by atoms with E-state index in [2.05, 4.69) is 32.6 Å². The molecule has 0 saturated carbocycles. The molecule has 0 heterocycles. The third-order valence-corrected chi connectivity index (χ3v) is 9.10. The number of rotatable bonds is 11. The van der Waals surface area contributed by atoms with Gasteiger partial charge in [-0.15, -0.1) is 0 Å². The number of benzene rings is 4. The third kappa shape index (κ3) is 6.22. The van der Waals surface area contributed by atoms with Crippen molar-refractivity contribution in [1.82, 2.24) is 0 Å². The van der Waals surface area contributed by atoms with E-state index < -0.39 is 39.2 Å². The Balaban J connectivity index is 1.53. The van der Waals surface area contributed by atoms with Crippen molar-refractivity contribution in [3.63, 3.8) is 0 Å². The average Bonchev–Trinajstić information content (AvgIpc) is 3.15. The summed E-state index contributed by atoms with van der Waals surface area (Å²) in [5, 5.41) is 41.9. The topological polar surface area (TPSA) is 187 Å². The lowest BCUT2D eigenvalue weighted by Crippen LogP contribution is -2.37. The van der Waals surface area contributed by atoms with Crippen molar-refractivity contribution in [3.05, 3.63) is 155 Å². The molecule has 0 aromatic heterocycles. The highest BCUT2D eigenvalue weighted by molar-refractivity contribution is 9.10. The van der Waals surface area contributed by atoms with Gasteiger partial charge in [-0.3, -0.25) is 20.2 Å². The van der Waals surface area contributed by atoms with E-state index in [4.69, 9.17) is 9.47 Å². The Hall–Kier alpha value is -6.59. The minimum atomic E-state index is -0.897. The van der Waals surface area contributed by atoms with Gasteiger partial charge in [0.25, 0.3) is 0 Å². The van der Waals surface area contributed by atoms with E-state index in [9.17, 15) is 35.1 Å². The van der Waals surface area contributed by atoms with Gasteiger partial charge in [0.15, 0.2) is 0 Å². The lowest BCUT2D eigenvalue weighted by molar-refractivity contribution is -0.385. The van der Waals surface area contributed by atoms with E-state index in [1.165, 1.54) is 24.3 Å². The Labute approximate surface area is 298 Å². The van der Waals surface area contributed by atoms with E-state index in [1.807, 2.05) is 36.4 Å². The summed E-state index contributed by atoms with van der Waals surface area (Å²) < 4.78 is 10.7. The van der Waals surface area contributed by atoms with Crippen LogP contribution in [0.5, 0.6) is 0 Å². The van der Waals surface area contributed by atoms with Crippen molar-refractivity contribution in [2.75, 3.05) is 24.9 Å². The van der Waals surface area contributed by atoms with Crippen molar-refractivity contribution < 1.29 is 28.9 Å². The maximum atomic E-state index is 13.1. The second kappa shape index (κ2) is 14.1. The molecular weight excluding hydrogens is 722 g/mol. The molecule has 51 heavy (non-hydrogen) atoms. The second-order valence-corrected chi connectivity index (χ2v) is 12.2. The number of ether oxygens (including phenoxy) is 2. The molecule has 1 unspecified atom stereocenters. The number of nitro benzene ring substituents is 2. The first-order valence-corrected chi connectivity index (χ1v) is 16.1. The van der Waals surface area contributed by atoms with Gasteiger partial charge in [-0.2, -0.15) is 5.26 Å². The van der Waals surface area contributed by atoms with Gasteiger partial charge >= 0.3 is 23.3 Å². The molecule has 0 saturated heterocycles. The van der Waals surface area contributed by atoms with Crippen LogP contribution in [0.3, 0.4) is 0 Å². The predicted molar refractivity (Wildman–Crippen MR) is 192 cm³/mol. The van der Waals surface area contributed by atoms with Crippen LogP contribution in [0.15, 0.2) is 112 Å². The van der Waals surface area contributed by atoms with Crippen molar-refractivity contribution in [3.8, 4) is 17.2 Å². The minimum absolute atomic E-state index is 0.0577. The van der Waals surface area contributed by atoms with E-state index >= 15 is 0 Å². The number of halogens is 1. The molecule has 1 atom stereocenters. The molecular formula is C37H26BrN5O8. The summed E-state index contributed by atoms with van der Waals surface area (Å²) in [6, 6.07) is 22.8. The van der Waals surface area contributed by atoms with Gasteiger partial charge in [-0.1, -0.05) is 70.5 Å². The number of hydrogen-bond donors (Lipinski definition) is 2. The largest absolute Gasteiger partial charge is 0.465 e. The predicted octanol–water partition coefficient (Wildman–Crippen LogP) is 7.76. The van der Waals surface area contributed by atoms with Crippen LogP contribution in [-0.2, 0) is 16.0 Å². The van der Waals surface area contributed by atoms with Crippen molar-refractivity contribution >= 4 is 56.2 Å². The lowest BCUT2D eigenvalue weighted by atomic mass is 9.69. The highest BCUT2D eigenvalue weighted by atomic mass is 79.9. The SMILES string of the molecule is COC(=O)c1ccc(-c2ccc(C(=O)OC)c(NC3c4ccc(-c5ccccc5)c3c4C#N)c2[N+](=O)[O-])c([N+](=O)[O-])c1NCc1ccc(Br)cc1. The quantitative estimate of drug-likeness (QED) is 0.0867. The summed E-state index contributed by atoms with van der Waals surface area (Å²) in [6.45, 7) is 0.0577. The minimum Gasteiger partial charge on any atom is -0.465 e. The van der Waals surface area contributed by atoms with Gasteiger partial charge < -0.3 is 20.1 Å². The summed E-state index contributed by atoms with van der Waals surface area (Å²) in [6.07, 6.45) is 3.58. The van der Waals surface area contributed by atoms with Crippen molar-refractivity contribution in [1.29, 1.82) is 5.26 Å². The molecule has 2 aliphatic carbocycles. The molecule has 254 valence electrons. The fourth-order valence-electron chi connectivity index (χ4n) is 6.22. The molecule has 2 aliphatic rings. The summed E-state index contributed by atoms with van der Waals surface area (Å²) in [7, 11) is 2.25. The smallest absolute Gasteiger partial charge is 0.340 e. The number of nitriles is 1. The van der Waals surface area contributed by atoms with Gasteiger partial charge in [-0.25, -0.2) is 9.59 Å². The van der Waals surface area contributed by atoms with Crippen LogP contribution in [0.1, 0.15) is 31.8 Å². The van der Waals surface area contributed by atoms with E-state index in [-0.39, 0.29) is 40.2 Å². The fraction of sp³-hybridized carbons (Fsp3) is 0.108. The number of fused-ring (bicyclic) bond motifs is 2. The number of methoxy groups -OCH3 is 2. The van der Waals surface area contributed by atoms with Crippen LogP contribution in [0.25, 0.3) is 16.7 Å². The van der Waals surface area contributed by atoms with Gasteiger partial charge in [0.2, 0.25) is 0 Å². The van der Waals surface area contributed by atoms with Gasteiger partial charge in [0, 0.05) is 16.6 Å². The first-order chi connectivity index (χ1) is 24.6. The zero-order chi connectivity index (χ0) is 36.4. The highest BCUT2D eigenvalue weighted by Crippen LogP contribution is 2.50. The zero-order valence-corrected chi connectivity index (χ0v) is 28.5. The molecule has 0 fully saturated rings. The van der Waals surface area contributed by atoms with E-state index in [0.717, 1.165) is 29.8 Å². The van der Waals surface area contributed by atoms with Gasteiger partial charge in [0.05, 0.1) is 64.0 Å². The van der Waals surface area contributed by atoms with E-state index in [1.54, 1.807) is 30.3 Å². The summed E-state index contributed by atoms with van der Waals surface area (Å²) >= 11 is 3.36. The molecule has 0 amide bonds. The highest BCUT2D eigenvalue weighted by Gasteiger charge is 2.42. The summed E-state index contributed by atoms with van der Waals surface area (Å²) in [5.74, 6) is -1.76. The number of anilines is 2. The van der Waals surface area contributed by atoms with Gasteiger partial charge in [0.1, 0.15) is 11.4 Å². The third-order valence-electron chi connectivity index (χ3n) is 8.57. The molecule has 2 N–H and O–H groups in total. The monoisotopic (exact) mass is 747 g/mol. The van der Waals surface area contributed by atoms with Crippen molar-refractivity contribution in [2.45, 2.75) is 12.6 Å². The molecule has 0 radical (unpaired) electrons. The number of allylic oxidation sites excluding steroid dienone is 2. The van der Waals surface area contributed by atoms with E-state index in [0.29, 0.717) is 22.3 Å². The Morgan fingerprint density at radius 3 is 1.94 bits per heavy atom. The van der Waals surface area contributed by atoms with Crippen LogP contribution in [0, 0.1) is 31.6 Å². The Bertz CT molecular complexity index is 2270. The Kier molecular flexibility index (Phi) is 9.48. The molecule has 0 spiro atoms. The number of esters is 2. The normalized spacial score (nSPS) is 14.3. The number of carbonyl (C=O) groups excluding carboxylic acids is 2. The summed E-state index contributed by atoms with van der Waals surface area (Å²) in [4.78, 5) is 50.3. The number of nitrogens with zero attached hydrogens (tertiary/aromatic N) is 3. The van der Waals surface area contributed by atoms with Crippen LogP contribution in [-0.4, -0.2) is 42.0 Å². The molecule has 4 aromatic carbocycles. The van der Waals surface area contributed by atoms with Crippen LogP contribution >= 0.6 is 15.9 Å². The lowest BCUT2D eigenvalue weighted by Gasteiger charge is -2.39. The van der Waals surface area contributed by atoms with Crippen LogP contribution in [0.2, 0.25) is 0 Å². The Morgan fingerprint density at radius 1 is 0.824 bits per heavy atom. The van der Waals surface area contributed by atoms with Crippen molar-refractivity contribution in [2.24, 2.45) is 0 Å². The molecule has 2 bridgehead atoms. The Morgan fingerprint density at radius 2 is 1.39 bits per heavy atom. The van der Waals surface area contributed by atoms with Crippen LogP contribution in [0.4, 0.5) is 22.7 Å². The van der Waals surface area contributed by atoms with Gasteiger partial charge in [-0.05, 0) is 58.7 Å². The average molecular weight is 749 g/mol. The maximum absolute atomic E-state index is 13.1. The molecule has 6 rings (SSSR count). The molecule has 0 aliphatic heterocycles. The summed E-state index contributed by atoms with van der Waals surface area (Å²) in [5.41, 5.74) is 1.23. The first kappa shape index (κ1) is 34.3. The number of nitro groups is 2. The van der Waals surface area contributed by atoms with Crippen LogP contribution < -0.4 is 10.6 Å². The molecule has 13 nitrogen and oxygen atoms in total. The molecule has 14 heteroatoms. The maximum Gasteiger partial charge on any atom is 0.340 e.